The van der Waals surface area contributed by atoms with E-state index in [4.69, 9.17) is 0 Å². The molecule has 0 aliphatic carbocycles. The Labute approximate surface area is 173 Å². The minimum atomic E-state index is -0.892. The molecule has 0 heterocycles. The molecule has 0 spiro atoms. The van der Waals surface area contributed by atoms with Crippen molar-refractivity contribution in [3.63, 3.8) is 0 Å². The molecule has 0 saturated carbocycles. The van der Waals surface area contributed by atoms with Gasteiger partial charge < -0.3 is 0 Å². The van der Waals surface area contributed by atoms with Gasteiger partial charge in [0, 0.05) is 22.3 Å². The van der Waals surface area contributed by atoms with Crippen LogP contribution in [0.3, 0.4) is 0 Å². The van der Waals surface area contributed by atoms with E-state index in [9.17, 15) is 17.6 Å². The first-order valence-corrected chi connectivity index (χ1v) is 9.22. The highest BCUT2D eigenvalue weighted by Crippen LogP contribution is 2.17. The zero-order chi connectivity index (χ0) is 22.0. The third kappa shape index (κ3) is 4.56. The molecule has 4 heteroatoms. The summed E-state index contributed by atoms with van der Waals surface area (Å²) in [5.74, 6) is 7.06. The summed E-state index contributed by atoms with van der Waals surface area (Å²) >= 11 is 0. The molecule has 3 aromatic carbocycles. The van der Waals surface area contributed by atoms with E-state index in [1.165, 1.54) is 12.5 Å². The van der Waals surface area contributed by atoms with E-state index in [0.717, 1.165) is 41.0 Å². The molecule has 0 fully saturated rings. The number of rotatable bonds is 0. The van der Waals surface area contributed by atoms with Crippen LogP contribution in [0.5, 0.6) is 0 Å². The average Bonchev–Trinajstić information content (AvgIpc) is 2.67. The number of halogens is 4. The third-order valence-corrected chi connectivity index (χ3v) is 4.93. The lowest BCUT2D eigenvalue weighted by atomic mass is 10.0. The molecule has 3 aromatic rings. The van der Waals surface area contributed by atoms with Crippen molar-refractivity contribution < 1.29 is 17.6 Å². The molecule has 0 nitrogen and oxygen atoms in total. The fourth-order valence-electron chi connectivity index (χ4n) is 2.87. The predicted octanol–water partition coefficient (Wildman–Crippen LogP) is 6.28. The molecule has 0 aliphatic rings. The largest absolute Gasteiger partial charge is 0.207 e. The summed E-state index contributed by atoms with van der Waals surface area (Å²) in [4.78, 5) is 0. The second-order valence-corrected chi connectivity index (χ2v) is 7.11. The van der Waals surface area contributed by atoms with Crippen LogP contribution in [-0.2, 0) is 0 Å². The zero-order valence-electron chi connectivity index (χ0n) is 17.0. The molecule has 0 aliphatic heterocycles. The van der Waals surface area contributed by atoms with Gasteiger partial charge in [-0.3, -0.25) is 0 Å². The van der Waals surface area contributed by atoms with Gasteiger partial charge in [-0.05, 0) is 80.8 Å². The van der Waals surface area contributed by atoms with Crippen molar-refractivity contribution in [1.29, 1.82) is 0 Å². The maximum absolute atomic E-state index is 14.4. The summed E-state index contributed by atoms with van der Waals surface area (Å²) in [7, 11) is 0. The molecule has 0 aromatic heterocycles. The van der Waals surface area contributed by atoms with Gasteiger partial charge in [-0.2, -0.15) is 0 Å². The standard InChI is InChI=1S/C26H18F4/c1-15-9-19(10-16(2)17(15)3)5-6-20-13-25(29)22(26(30)14-20)8-7-21-11-23(27)18(4)24(28)12-21/h9-14H,1-4H3. The van der Waals surface area contributed by atoms with Gasteiger partial charge >= 0.3 is 0 Å². The van der Waals surface area contributed by atoms with Gasteiger partial charge in [0.1, 0.15) is 23.3 Å². The SMILES string of the molecule is Cc1cc(C#Cc2cc(F)c(C#Cc3cc(F)c(C)c(F)c3)c(F)c2)cc(C)c1C. The van der Waals surface area contributed by atoms with Crippen LogP contribution in [-0.4, -0.2) is 0 Å². The third-order valence-electron chi connectivity index (χ3n) is 4.93. The number of hydrogen-bond acceptors (Lipinski definition) is 0. The van der Waals surface area contributed by atoms with Gasteiger partial charge in [-0.25, -0.2) is 17.6 Å². The molecule has 30 heavy (non-hydrogen) atoms. The second-order valence-electron chi connectivity index (χ2n) is 7.11. The first kappa shape index (κ1) is 21.2. The van der Waals surface area contributed by atoms with E-state index < -0.39 is 28.8 Å². The predicted molar refractivity (Wildman–Crippen MR) is 110 cm³/mol. The molecular weight excluding hydrogens is 388 g/mol. The van der Waals surface area contributed by atoms with Gasteiger partial charge in [0.2, 0.25) is 0 Å². The maximum atomic E-state index is 14.4. The van der Waals surface area contributed by atoms with E-state index >= 15 is 0 Å². The highest BCUT2D eigenvalue weighted by atomic mass is 19.1. The fraction of sp³-hybridized carbons (Fsp3) is 0.154. The first-order chi connectivity index (χ1) is 14.2. The number of aryl methyl sites for hydroxylation is 2. The van der Waals surface area contributed by atoms with Crippen LogP contribution < -0.4 is 0 Å². The fourth-order valence-corrected chi connectivity index (χ4v) is 2.87. The lowest BCUT2D eigenvalue weighted by molar-refractivity contribution is 0.567. The Bertz CT molecular complexity index is 1210. The van der Waals surface area contributed by atoms with E-state index in [-0.39, 0.29) is 16.7 Å². The quantitative estimate of drug-likeness (QED) is 0.305. The molecule has 0 bridgehead atoms. The van der Waals surface area contributed by atoms with Crippen molar-refractivity contribution in [3.05, 3.63) is 104 Å². The Morgan fingerprint density at radius 3 is 1.30 bits per heavy atom. The molecule has 0 saturated heterocycles. The first-order valence-electron chi connectivity index (χ1n) is 9.22. The highest BCUT2D eigenvalue weighted by molar-refractivity contribution is 5.51. The molecular formula is C26H18F4. The minimum Gasteiger partial charge on any atom is -0.207 e. The van der Waals surface area contributed by atoms with Crippen LogP contribution in [0.2, 0.25) is 0 Å². The van der Waals surface area contributed by atoms with Crippen molar-refractivity contribution in [3.8, 4) is 23.7 Å². The monoisotopic (exact) mass is 406 g/mol. The lowest BCUT2D eigenvalue weighted by Gasteiger charge is -2.04. The van der Waals surface area contributed by atoms with Crippen molar-refractivity contribution in [2.45, 2.75) is 27.7 Å². The van der Waals surface area contributed by atoms with E-state index in [1.807, 2.05) is 32.9 Å². The molecule has 0 unspecified atom stereocenters. The number of hydrogen-bond donors (Lipinski definition) is 0. The molecule has 3 rings (SSSR count). The van der Waals surface area contributed by atoms with Gasteiger partial charge in [0.15, 0.2) is 0 Å². The van der Waals surface area contributed by atoms with Crippen molar-refractivity contribution in [1.82, 2.24) is 0 Å². The zero-order valence-corrected chi connectivity index (χ0v) is 17.0. The number of benzene rings is 3. The van der Waals surface area contributed by atoms with Crippen molar-refractivity contribution >= 4 is 0 Å². The summed E-state index contributed by atoms with van der Waals surface area (Å²) in [6.45, 7) is 7.27. The van der Waals surface area contributed by atoms with Crippen LogP contribution in [0, 0.1) is 74.6 Å². The molecule has 0 amide bonds. The van der Waals surface area contributed by atoms with Crippen LogP contribution >= 0.6 is 0 Å². The van der Waals surface area contributed by atoms with E-state index in [0.29, 0.717) is 0 Å². The van der Waals surface area contributed by atoms with Crippen molar-refractivity contribution in [2.75, 3.05) is 0 Å². The molecule has 0 atom stereocenters. The van der Waals surface area contributed by atoms with Gasteiger partial charge in [0.05, 0.1) is 5.56 Å². The lowest BCUT2D eigenvalue weighted by Crippen LogP contribution is -1.94. The van der Waals surface area contributed by atoms with Crippen LogP contribution in [0.15, 0.2) is 36.4 Å². The Hall–Kier alpha value is -3.50. The van der Waals surface area contributed by atoms with Gasteiger partial charge in [0.25, 0.3) is 0 Å². The second kappa shape index (κ2) is 8.47. The summed E-state index contributed by atoms with van der Waals surface area (Å²) < 4.78 is 56.0. The Morgan fingerprint density at radius 1 is 0.467 bits per heavy atom. The van der Waals surface area contributed by atoms with Crippen LogP contribution in [0.4, 0.5) is 17.6 Å². The van der Waals surface area contributed by atoms with Crippen molar-refractivity contribution in [2.24, 2.45) is 0 Å². The highest BCUT2D eigenvalue weighted by Gasteiger charge is 2.09. The Kier molecular flexibility index (Phi) is 5.99. The van der Waals surface area contributed by atoms with Crippen LogP contribution in [0.1, 0.15) is 44.5 Å². The molecule has 0 N–H and O–H groups in total. The van der Waals surface area contributed by atoms with Gasteiger partial charge in [-0.15, -0.1) is 0 Å². The Morgan fingerprint density at radius 2 is 0.833 bits per heavy atom. The van der Waals surface area contributed by atoms with E-state index in [1.54, 1.807) is 0 Å². The molecule has 0 radical (unpaired) electrons. The van der Waals surface area contributed by atoms with Gasteiger partial charge in [-0.1, -0.05) is 23.7 Å². The minimum absolute atomic E-state index is 0.0108. The average molecular weight is 406 g/mol. The topological polar surface area (TPSA) is 0 Å². The summed E-state index contributed by atoms with van der Waals surface area (Å²) in [5.41, 5.74) is 3.64. The normalized spacial score (nSPS) is 10.1. The van der Waals surface area contributed by atoms with Crippen LogP contribution in [0.25, 0.3) is 0 Å². The maximum Gasteiger partial charge on any atom is 0.143 e. The summed E-state index contributed by atoms with van der Waals surface area (Å²) in [6, 6.07) is 8.05. The van der Waals surface area contributed by atoms with E-state index in [2.05, 4.69) is 23.7 Å². The summed E-state index contributed by atoms with van der Waals surface area (Å²) in [6.07, 6.45) is 0. The summed E-state index contributed by atoms with van der Waals surface area (Å²) in [5, 5.41) is 0. The molecule has 150 valence electrons. The Balaban J connectivity index is 1.93. The smallest absolute Gasteiger partial charge is 0.143 e.